The van der Waals surface area contributed by atoms with Gasteiger partial charge in [-0.2, -0.15) is 0 Å². The second-order valence-electron chi connectivity index (χ2n) is 6.85. The van der Waals surface area contributed by atoms with Crippen LogP contribution in [0, 0.1) is 0 Å². The third-order valence-corrected chi connectivity index (χ3v) is 4.21. The monoisotopic (exact) mass is 496 g/mol. The second-order valence-corrected chi connectivity index (χ2v) is 6.85. The van der Waals surface area contributed by atoms with Gasteiger partial charge in [0.05, 0.1) is 13.1 Å². The lowest BCUT2D eigenvalue weighted by atomic mass is 10.2. The minimum Gasteiger partial charge on any atom is -0.441 e. The van der Waals surface area contributed by atoms with Crippen molar-refractivity contribution in [1.82, 2.24) is 21.3 Å². The van der Waals surface area contributed by atoms with E-state index in [1.54, 1.807) is 60.7 Å². The molecule has 0 saturated carbocycles. The molecule has 12 nitrogen and oxygen atoms in total. The normalized spacial score (nSPS) is 10.1. The third kappa shape index (κ3) is 10.7. The van der Waals surface area contributed by atoms with Crippen LogP contribution in [0.4, 0.5) is 0 Å². The van der Waals surface area contributed by atoms with Gasteiger partial charge >= 0.3 is 11.9 Å². The zero-order chi connectivity index (χ0) is 26.2. The van der Waals surface area contributed by atoms with E-state index in [4.69, 9.17) is 9.47 Å². The van der Waals surface area contributed by atoms with Crippen LogP contribution in [0.15, 0.2) is 72.8 Å². The van der Waals surface area contributed by atoms with E-state index in [-0.39, 0.29) is 13.1 Å². The van der Waals surface area contributed by atoms with Gasteiger partial charge in [-0.05, 0) is 24.3 Å². The number of ether oxygens (including phenoxy) is 2. The van der Waals surface area contributed by atoms with Gasteiger partial charge in [0.1, 0.15) is 0 Å². The maximum atomic E-state index is 11.8. The SMILES string of the molecule is O=C(CNC(=O)c1ccccc1)NCOC(=O)/C=C/C(=O)OCNC(=O)CNC(=O)c1ccccc1. The van der Waals surface area contributed by atoms with E-state index in [0.29, 0.717) is 11.1 Å². The summed E-state index contributed by atoms with van der Waals surface area (Å²) in [7, 11) is 0. The van der Waals surface area contributed by atoms with Crippen molar-refractivity contribution in [2.24, 2.45) is 0 Å². The Morgan fingerprint density at radius 3 is 1.28 bits per heavy atom. The van der Waals surface area contributed by atoms with E-state index < -0.39 is 49.0 Å². The largest absolute Gasteiger partial charge is 0.441 e. The Morgan fingerprint density at radius 1 is 0.556 bits per heavy atom. The highest BCUT2D eigenvalue weighted by Gasteiger charge is 2.09. The van der Waals surface area contributed by atoms with Gasteiger partial charge in [0, 0.05) is 23.3 Å². The first-order valence-electron chi connectivity index (χ1n) is 10.6. The van der Waals surface area contributed by atoms with Crippen LogP contribution in [0.5, 0.6) is 0 Å². The molecule has 0 saturated heterocycles. The van der Waals surface area contributed by atoms with Crippen LogP contribution < -0.4 is 21.3 Å². The molecule has 36 heavy (non-hydrogen) atoms. The molecule has 12 heteroatoms. The highest BCUT2D eigenvalue weighted by Crippen LogP contribution is 1.98. The number of hydrogen-bond acceptors (Lipinski definition) is 8. The summed E-state index contributed by atoms with van der Waals surface area (Å²) >= 11 is 0. The van der Waals surface area contributed by atoms with Gasteiger partial charge < -0.3 is 30.7 Å². The standard InChI is InChI=1S/C24H24N4O8/c29-19(13-25-23(33)17-7-3-1-4-8-17)27-15-35-21(31)11-12-22(32)36-16-28-20(30)14-26-24(34)18-9-5-2-6-10-18/h1-12H,13-16H2,(H,25,33)(H,26,34)(H,27,29)(H,28,30)/b12-11+. The van der Waals surface area contributed by atoms with E-state index in [1.807, 2.05) is 0 Å². The molecule has 4 amide bonds. The molecule has 0 bridgehead atoms. The van der Waals surface area contributed by atoms with Gasteiger partial charge in [-0.1, -0.05) is 36.4 Å². The predicted molar refractivity (Wildman–Crippen MR) is 125 cm³/mol. The van der Waals surface area contributed by atoms with Crippen molar-refractivity contribution >= 4 is 35.6 Å². The Labute approximate surface area is 206 Å². The van der Waals surface area contributed by atoms with Crippen molar-refractivity contribution in [2.45, 2.75) is 0 Å². The minimum atomic E-state index is -0.937. The molecule has 0 aliphatic carbocycles. The smallest absolute Gasteiger partial charge is 0.332 e. The number of carbonyl (C=O) groups excluding carboxylic acids is 6. The first-order chi connectivity index (χ1) is 17.3. The summed E-state index contributed by atoms with van der Waals surface area (Å²) in [6.45, 7) is -1.61. The van der Waals surface area contributed by atoms with Crippen LogP contribution in [-0.4, -0.2) is 62.1 Å². The highest BCUT2D eigenvalue weighted by atomic mass is 16.5. The van der Waals surface area contributed by atoms with Crippen LogP contribution in [-0.2, 0) is 28.7 Å². The summed E-state index contributed by atoms with van der Waals surface area (Å²) in [6.07, 6.45) is 1.54. The van der Waals surface area contributed by atoms with Crippen molar-refractivity contribution in [1.29, 1.82) is 0 Å². The van der Waals surface area contributed by atoms with E-state index in [2.05, 4.69) is 21.3 Å². The fourth-order valence-electron chi connectivity index (χ4n) is 2.44. The minimum absolute atomic E-state index is 0.324. The Morgan fingerprint density at radius 2 is 0.917 bits per heavy atom. The Bertz CT molecular complexity index is 1020. The average molecular weight is 496 g/mol. The van der Waals surface area contributed by atoms with Crippen molar-refractivity contribution in [3.8, 4) is 0 Å². The summed E-state index contributed by atoms with van der Waals surface area (Å²) in [4.78, 5) is 70.2. The molecule has 4 N–H and O–H groups in total. The first kappa shape index (κ1) is 27.2. The fourth-order valence-corrected chi connectivity index (χ4v) is 2.44. The maximum absolute atomic E-state index is 11.8. The molecule has 0 atom stereocenters. The van der Waals surface area contributed by atoms with Gasteiger partial charge in [-0.25, -0.2) is 9.59 Å². The van der Waals surface area contributed by atoms with Gasteiger partial charge in [0.25, 0.3) is 11.8 Å². The lowest BCUT2D eigenvalue weighted by molar-refractivity contribution is -0.142. The molecular weight excluding hydrogens is 472 g/mol. The lowest BCUT2D eigenvalue weighted by Crippen LogP contribution is -2.38. The van der Waals surface area contributed by atoms with Crippen LogP contribution in [0.25, 0.3) is 0 Å². The van der Waals surface area contributed by atoms with Crippen molar-refractivity contribution in [3.63, 3.8) is 0 Å². The third-order valence-electron chi connectivity index (χ3n) is 4.21. The van der Waals surface area contributed by atoms with Crippen molar-refractivity contribution < 1.29 is 38.2 Å². The molecule has 0 aliphatic heterocycles. The number of amides is 4. The number of nitrogens with one attached hydrogen (secondary N) is 4. The number of esters is 2. The Hall–Kier alpha value is -5.00. The number of benzene rings is 2. The summed E-state index contributed by atoms with van der Waals surface area (Å²) in [5.74, 6) is -3.92. The molecule has 0 aromatic heterocycles. The van der Waals surface area contributed by atoms with Crippen LogP contribution in [0.2, 0.25) is 0 Å². The highest BCUT2D eigenvalue weighted by molar-refractivity contribution is 5.97. The summed E-state index contributed by atoms with van der Waals surface area (Å²) in [5.41, 5.74) is 0.784. The lowest BCUT2D eigenvalue weighted by Gasteiger charge is -2.07. The van der Waals surface area contributed by atoms with E-state index in [1.165, 1.54) is 0 Å². The fraction of sp³-hybridized carbons (Fsp3) is 0.167. The molecule has 0 unspecified atom stereocenters. The van der Waals surface area contributed by atoms with Crippen molar-refractivity contribution in [2.75, 3.05) is 26.6 Å². The number of rotatable bonds is 12. The van der Waals surface area contributed by atoms with E-state index in [9.17, 15) is 28.8 Å². The molecule has 2 rings (SSSR count). The quantitative estimate of drug-likeness (QED) is 0.175. The van der Waals surface area contributed by atoms with Crippen molar-refractivity contribution in [3.05, 3.63) is 83.9 Å². The first-order valence-corrected chi connectivity index (χ1v) is 10.6. The Balaban J connectivity index is 1.54. The molecule has 0 heterocycles. The predicted octanol–water partition coefficient (Wildman–Crippen LogP) is -0.364. The van der Waals surface area contributed by atoms with E-state index in [0.717, 1.165) is 12.2 Å². The van der Waals surface area contributed by atoms with Crippen LogP contribution >= 0.6 is 0 Å². The molecule has 0 spiro atoms. The topological polar surface area (TPSA) is 169 Å². The van der Waals surface area contributed by atoms with Gasteiger partial charge in [0.15, 0.2) is 13.5 Å². The van der Waals surface area contributed by atoms with Gasteiger partial charge in [-0.15, -0.1) is 0 Å². The molecular formula is C24H24N4O8. The summed E-state index contributed by atoms with van der Waals surface area (Å²) in [6, 6.07) is 16.6. The Kier molecular flexibility index (Phi) is 11.4. The van der Waals surface area contributed by atoms with Gasteiger partial charge in [-0.3, -0.25) is 19.2 Å². The second kappa shape index (κ2) is 15.0. The maximum Gasteiger partial charge on any atom is 0.332 e. The van der Waals surface area contributed by atoms with E-state index >= 15 is 0 Å². The average Bonchev–Trinajstić information content (AvgIpc) is 2.90. The summed E-state index contributed by atoms with van der Waals surface area (Å²) in [5, 5.41) is 9.34. The van der Waals surface area contributed by atoms with Crippen LogP contribution in [0.3, 0.4) is 0 Å². The molecule has 188 valence electrons. The zero-order valence-corrected chi connectivity index (χ0v) is 19.0. The molecule has 0 fully saturated rings. The zero-order valence-electron chi connectivity index (χ0n) is 19.0. The van der Waals surface area contributed by atoms with Gasteiger partial charge in [0.2, 0.25) is 11.8 Å². The number of hydrogen-bond donors (Lipinski definition) is 4. The molecule has 2 aromatic rings. The number of carbonyl (C=O) groups is 6. The molecule has 2 aromatic carbocycles. The van der Waals surface area contributed by atoms with Crippen LogP contribution in [0.1, 0.15) is 20.7 Å². The molecule has 0 aliphatic rings. The summed E-state index contributed by atoms with van der Waals surface area (Å²) < 4.78 is 9.40. The molecule has 0 radical (unpaired) electrons.